The summed E-state index contributed by atoms with van der Waals surface area (Å²) in [7, 11) is 3.76. The summed E-state index contributed by atoms with van der Waals surface area (Å²) in [6.45, 7) is 0.895. The van der Waals surface area contributed by atoms with Gasteiger partial charge in [0.05, 0.1) is 7.11 Å². The van der Waals surface area contributed by atoms with Crippen LogP contribution in [0.4, 0.5) is 0 Å². The van der Waals surface area contributed by atoms with Crippen molar-refractivity contribution >= 4 is 11.9 Å². The molecule has 4 aliphatic rings. The number of carboxylic acid groups (broad SMARTS) is 2. The van der Waals surface area contributed by atoms with Crippen LogP contribution in [-0.4, -0.2) is 77.1 Å². The number of nitrogens with zero attached hydrogens (tertiary/aromatic N) is 1. The minimum atomic E-state index is -1.06. The number of hydrogen-bond acceptors (Lipinski definition) is 7. The van der Waals surface area contributed by atoms with Crippen LogP contribution in [0.2, 0.25) is 0 Å². The van der Waals surface area contributed by atoms with Gasteiger partial charge in [-0.15, -0.1) is 0 Å². The Hall–Kier alpha value is -2.52. The summed E-state index contributed by atoms with van der Waals surface area (Å²) in [5.74, 6) is -0.506. The highest BCUT2D eigenvalue weighted by Gasteiger charge is 2.66. The molecule has 5 rings (SSSR count). The number of benzene rings is 1. The molecule has 1 spiro atoms. The Morgan fingerprint density at radius 1 is 1.38 bits per heavy atom. The fraction of sp³-hybridized carbons (Fsp3) is 0.652. The molecule has 32 heavy (non-hydrogen) atoms. The zero-order valence-electron chi connectivity index (χ0n) is 18.3. The summed E-state index contributed by atoms with van der Waals surface area (Å²) in [6.07, 6.45) is 2.80. The molecule has 6 atom stereocenters. The number of aliphatic carboxylic acids is 2. The van der Waals surface area contributed by atoms with Gasteiger partial charge in [0.1, 0.15) is 17.9 Å². The number of hydrogen-bond donors (Lipinski definition) is 4. The van der Waals surface area contributed by atoms with Crippen molar-refractivity contribution < 1.29 is 34.4 Å². The quantitative estimate of drug-likeness (QED) is 0.490. The van der Waals surface area contributed by atoms with Gasteiger partial charge >= 0.3 is 11.9 Å². The molecule has 174 valence electrons. The Labute approximate surface area is 186 Å². The number of likely N-dealkylation sites (N-methyl/N-ethyl adjacent to an activating group) is 1. The molecular weight excluding hydrogens is 416 g/mol. The van der Waals surface area contributed by atoms with Crippen molar-refractivity contribution in [3.05, 3.63) is 17.2 Å². The largest absolute Gasteiger partial charge is 0.504 e. The maximum absolute atomic E-state index is 11.9. The molecular formula is C23H30N2O7. The first-order chi connectivity index (χ1) is 15.3. The summed E-state index contributed by atoms with van der Waals surface area (Å²) in [5.41, 5.74) is 1.80. The van der Waals surface area contributed by atoms with Crippen LogP contribution in [0.5, 0.6) is 17.2 Å². The van der Waals surface area contributed by atoms with Gasteiger partial charge in [-0.1, -0.05) is 0 Å². The van der Waals surface area contributed by atoms with Crippen molar-refractivity contribution in [1.29, 1.82) is 0 Å². The Bertz CT molecular complexity index is 966. The Kier molecular flexibility index (Phi) is 5.01. The molecule has 2 aliphatic heterocycles. The van der Waals surface area contributed by atoms with Crippen LogP contribution in [0, 0.1) is 5.92 Å². The second kappa shape index (κ2) is 7.52. The Morgan fingerprint density at radius 2 is 2.16 bits per heavy atom. The number of carboxylic acids is 2. The minimum Gasteiger partial charge on any atom is -0.504 e. The molecule has 2 heterocycles. The highest BCUT2D eigenvalue weighted by molar-refractivity contribution is 5.75. The number of piperidine rings is 1. The van der Waals surface area contributed by atoms with Gasteiger partial charge in [0, 0.05) is 41.1 Å². The Balaban J connectivity index is 1.56. The molecule has 4 N–H and O–H groups in total. The number of likely N-dealkylation sites (tertiary alicyclic amines) is 1. The van der Waals surface area contributed by atoms with Crippen molar-refractivity contribution in [2.24, 2.45) is 5.92 Å². The van der Waals surface area contributed by atoms with E-state index in [1.807, 2.05) is 0 Å². The van der Waals surface area contributed by atoms with Crippen molar-refractivity contribution in [2.45, 2.75) is 68.2 Å². The zero-order chi connectivity index (χ0) is 22.8. The molecule has 1 aromatic carbocycles. The van der Waals surface area contributed by atoms with Crippen LogP contribution >= 0.6 is 0 Å². The maximum Gasteiger partial charge on any atom is 0.320 e. The van der Waals surface area contributed by atoms with Gasteiger partial charge in [0.15, 0.2) is 11.5 Å². The van der Waals surface area contributed by atoms with E-state index in [-0.39, 0.29) is 36.2 Å². The van der Waals surface area contributed by atoms with Crippen LogP contribution in [0.3, 0.4) is 0 Å². The van der Waals surface area contributed by atoms with Gasteiger partial charge in [0.25, 0.3) is 0 Å². The smallest absolute Gasteiger partial charge is 0.320 e. The second-order valence-electron chi connectivity index (χ2n) is 9.64. The first kappa shape index (κ1) is 21.3. The molecule has 2 fully saturated rings. The third kappa shape index (κ3) is 2.90. The lowest BCUT2D eigenvalue weighted by atomic mass is 9.51. The van der Waals surface area contributed by atoms with Crippen LogP contribution in [-0.2, 0) is 21.4 Å². The SMILES string of the molecule is COc1cc(O)c2c3c1C[C@@H]1[C@@H]4CC[C@@H](N[C@@H](CCC(=O)O)C(=O)O)[C@H](O2)[C@]34CCN1C. The standard InChI is InChI=1S/C23H30N2O7/c1-25-8-7-23-12-3-4-13(24-14(22(29)30)5-6-18(27)28)21(23)32-20-16(26)10-17(31-2)11(19(20)23)9-15(12)25/h10,12-15,21,24,26H,3-9H2,1-2H3,(H,27,28)(H,29,30)/t12-,13+,14-,15+,21-,23-/m0/s1. The van der Waals surface area contributed by atoms with Gasteiger partial charge in [-0.3, -0.25) is 14.9 Å². The molecule has 0 radical (unpaired) electrons. The first-order valence-corrected chi connectivity index (χ1v) is 11.3. The molecule has 2 aliphatic carbocycles. The van der Waals surface area contributed by atoms with Crippen molar-refractivity contribution in [2.75, 3.05) is 20.7 Å². The summed E-state index contributed by atoms with van der Waals surface area (Å²) < 4.78 is 12.1. The number of carbonyl (C=O) groups is 2. The summed E-state index contributed by atoms with van der Waals surface area (Å²) >= 11 is 0. The number of ether oxygens (including phenoxy) is 2. The summed E-state index contributed by atoms with van der Waals surface area (Å²) in [6, 6.07) is 0.724. The molecule has 2 bridgehead atoms. The average Bonchev–Trinajstić information content (AvgIpc) is 3.10. The van der Waals surface area contributed by atoms with E-state index >= 15 is 0 Å². The van der Waals surface area contributed by atoms with E-state index in [4.69, 9.17) is 14.6 Å². The fourth-order valence-corrected chi connectivity index (χ4v) is 6.95. The third-order valence-corrected chi connectivity index (χ3v) is 8.26. The molecule has 9 nitrogen and oxygen atoms in total. The number of methoxy groups -OCH3 is 1. The topological polar surface area (TPSA) is 129 Å². The van der Waals surface area contributed by atoms with Gasteiger partial charge in [-0.05, 0) is 51.6 Å². The molecule has 0 unspecified atom stereocenters. The highest BCUT2D eigenvalue weighted by atomic mass is 16.5. The number of aromatic hydroxyl groups is 1. The summed E-state index contributed by atoms with van der Waals surface area (Å²) in [4.78, 5) is 25.3. The Morgan fingerprint density at radius 3 is 2.84 bits per heavy atom. The molecule has 9 heteroatoms. The number of nitrogens with one attached hydrogen (secondary N) is 1. The van der Waals surface area contributed by atoms with Crippen LogP contribution in [0.1, 0.15) is 43.2 Å². The molecule has 1 saturated heterocycles. The average molecular weight is 447 g/mol. The number of phenolic OH excluding ortho intramolecular Hbond substituents is 1. The first-order valence-electron chi connectivity index (χ1n) is 11.3. The lowest BCUT2D eigenvalue weighted by molar-refractivity contribution is -0.141. The van der Waals surface area contributed by atoms with E-state index in [9.17, 15) is 19.8 Å². The predicted octanol–water partition coefficient (Wildman–Crippen LogP) is 1.35. The van der Waals surface area contributed by atoms with Crippen molar-refractivity contribution in [3.63, 3.8) is 0 Å². The second-order valence-corrected chi connectivity index (χ2v) is 9.64. The molecule has 1 saturated carbocycles. The van der Waals surface area contributed by atoms with E-state index in [0.717, 1.165) is 43.4 Å². The predicted molar refractivity (Wildman–Crippen MR) is 113 cm³/mol. The van der Waals surface area contributed by atoms with Crippen LogP contribution in [0.25, 0.3) is 0 Å². The monoisotopic (exact) mass is 446 g/mol. The highest BCUT2D eigenvalue weighted by Crippen LogP contribution is 2.65. The maximum atomic E-state index is 11.9. The van der Waals surface area contributed by atoms with Crippen molar-refractivity contribution in [1.82, 2.24) is 10.2 Å². The van der Waals surface area contributed by atoms with Gasteiger partial charge in [-0.2, -0.15) is 0 Å². The number of phenols is 1. The zero-order valence-corrected chi connectivity index (χ0v) is 18.3. The van der Waals surface area contributed by atoms with Crippen LogP contribution in [0.15, 0.2) is 6.07 Å². The van der Waals surface area contributed by atoms with E-state index < -0.39 is 18.0 Å². The lowest BCUT2D eigenvalue weighted by Gasteiger charge is -2.59. The van der Waals surface area contributed by atoms with E-state index in [1.165, 1.54) is 0 Å². The van der Waals surface area contributed by atoms with Gasteiger partial charge in [0.2, 0.25) is 0 Å². The lowest BCUT2D eigenvalue weighted by Crippen LogP contribution is -2.68. The van der Waals surface area contributed by atoms with E-state index in [2.05, 4.69) is 17.3 Å². The minimum absolute atomic E-state index is 0.00689. The van der Waals surface area contributed by atoms with E-state index in [1.54, 1.807) is 13.2 Å². The molecule has 1 aromatic rings. The van der Waals surface area contributed by atoms with Crippen molar-refractivity contribution in [3.8, 4) is 17.2 Å². The number of rotatable bonds is 7. The van der Waals surface area contributed by atoms with Gasteiger partial charge < -0.3 is 29.7 Å². The fourth-order valence-electron chi connectivity index (χ4n) is 6.95. The van der Waals surface area contributed by atoms with Crippen LogP contribution < -0.4 is 14.8 Å². The molecule has 0 aromatic heterocycles. The summed E-state index contributed by atoms with van der Waals surface area (Å²) in [5, 5.41) is 32.7. The third-order valence-electron chi connectivity index (χ3n) is 8.26. The normalized spacial score (nSPS) is 33.2. The van der Waals surface area contributed by atoms with Gasteiger partial charge in [-0.25, -0.2) is 0 Å². The van der Waals surface area contributed by atoms with E-state index in [0.29, 0.717) is 23.5 Å². The molecule has 0 amide bonds.